The molecule has 4 heteroatoms. The predicted octanol–water partition coefficient (Wildman–Crippen LogP) is 6.15. The van der Waals surface area contributed by atoms with E-state index >= 15 is 0 Å². The molecular weight excluding hydrogens is 410 g/mol. The highest BCUT2D eigenvalue weighted by Crippen LogP contribution is 2.41. The van der Waals surface area contributed by atoms with E-state index in [9.17, 15) is 0 Å². The molecule has 0 saturated carbocycles. The monoisotopic (exact) mass is 433 g/mol. The van der Waals surface area contributed by atoms with Gasteiger partial charge < -0.3 is 14.2 Å². The van der Waals surface area contributed by atoms with Crippen LogP contribution in [0.15, 0.2) is 78.9 Å². The van der Waals surface area contributed by atoms with Gasteiger partial charge in [0.25, 0.3) is 0 Å². The lowest BCUT2D eigenvalue weighted by Gasteiger charge is -2.28. The molecule has 0 fully saturated rings. The van der Waals surface area contributed by atoms with Crippen molar-refractivity contribution in [1.29, 1.82) is 0 Å². The van der Waals surface area contributed by atoms with E-state index in [4.69, 9.17) is 19.2 Å². The molecule has 1 atom stereocenters. The van der Waals surface area contributed by atoms with Crippen molar-refractivity contribution in [1.82, 2.24) is 4.98 Å². The van der Waals surface area contributed by atoms with E-state index in [1.54, 1.807) is 14.2 Å². The Morgan fingerprint density at radius 2 is 1.64 bits per heavy atom. The van der Waals surface area contributed by atoms with Gasteiger partial charge in [0, 0.05) is 29.2 Å². The minimum Gasteiger partial charge on any atom is -0.497 e. The van der Waals surface area contributed by atoms with E-state index in [0.717, 1.165) is 44.6 Å². The number of ether oxygens (including phenoxy) is 3. The second-order valence-electron chi connectivity index (χ2n) is 7.85. The molecule has 33 heavy (non-hydrogen) atoms. The maximum Gasteiger partial charge on any atom is 0.228 e. The summed E-state index contributed by atoms with van der Waals surface area (Å²) in [6, 6.07) is 26.0. The van der Waals surface area contributed by atoms with Crippen LogP contribution in [0.3, 0.4) is 0 Å². The van der Waals surface area contributed by atoms with Crippen LogP contribution in [0.4, 0.5) is 0 Å². The first-order valence-electron chi connectivity index (χ1n) is 10.7. The Balaban J connectivity index is 1.73. The van der Waals surface area contributed by atoms with Crippen molar-refractivity contribution in [2.24, 2.45) is 0 Å². The highest BCUT2D eigenvalue weighted by atomic mass is 16.7. The van der Waals surface area contributed by atoms with Crippen LogP contribution in [-0.4, -0.2) is 19.2 Å². The third-order valence-corrected chi connectivity index (χ3v) is 5.65. The van der Waals surface area contributed by atoms with Crippen molar-refractivity contribution in [2.45, 2.75) is 13.2 Å². The SMILES string of the molecule is COc1ccc(C#CC2=C(c3ccc(C)cc3)OC(OC)c3cc4ccccc4nc32)cc1. The number of fused-ring (bicyclic) bond motifs is 2. The molecule has 0 N–H and O–H groups in total. The number of nitrogens with zero attached hydrogens (tertiary/aromatic N) is 1. The van der Waals surface area contributed by atoms with Gasteiger partial charge in [0.15, 0.2) is 0 Å². The molecule has 2 heterocycles. The van der Waals surface area contributed by atoms with Crippen molar-refractivity contribution in [2.75, 3.05) is 14.2 Å². The Morgan fingerprint density at radius 3 is 2.36 bits per heavy atom. The van der Waals surface area contributed by atoms with Gasteiger partial charge in [0.05, 0.1) is 23.9 Å². The van der Waals surface area contributed by atoms with E-state index in [1.165, 1.54) is 5.56 Å². The number of hydrogen-bond donors (Lipinski definition) is 0. The Morgan fingerprint density at radius 1 is 0.879 bits per heavy atom. The molecule has 162 valence electrons. The Kier molecular flexibility index (Phi) is 5.56. The van der Waals surface area contributed by atoms with Crippen LogP contribution in [0.1, 0.15) is 34.2 Å². The van der Waals surface area contributed by atoms with Gasteiger partial charge in [-0.25, -0.2) is 4.98 Å². The summed E-state index contributed by atoms with van der Waals surface area (Å²) in [5.41, 5.74) is 6.28. The van der Waals surface area contributed by atoms with Gasteiger partial charge in [-0.1, -0.05) is 59.9 Å². The average molecular weight is 434 g/mol. The molecular formula is C29H23NO3. The van der Waals surface area contributed by atoms with Crippen LogP contribution in [0.5, 0.6) is 5.75 Å². The molecule has 0 amide bonds. The summed E-state index contributed by atoms with van der Waals surface area (Å²) in [4.78, 5) is 4.99. The summed E-state index contributed by atoms with van der Waals surface area (Å²) >= 11 is 0. The zero-order valence-corrected chi connectivity index (χ0v) is 18.8. The molecule has 1 unspecified atom stereocenters. The molecule has 0 bridgehead atoms. The number of allylic oxidation sites excluding steroid dienone is 1. The summed E-state index contributed by atoms with van der Waals surface area (Å²) < 4.78 is 17.3. The number of rotatable bonds is 3. The Bertz CT molecular complexity index is 1410. The fourth-order valence-corrected chi connectivity index (χ4v) is 3.87. The summed E-state index contributed by atoms with van der Waals surface area (Å²) in [5, 5.41) is 1.03. The summed E-state index contributed by atoms with van der Waals surface area (Å²) in [5.74, 6) is 8.08. The number of aromatic nitrogens is 1. The standard InChI is InChI=1S/C29H23NO3/c1-19-8-13-21(14-9-19)28-24(17-12-20-10-15-23(31-2)16-11-20)27-25(29(32-3)33-28)18-22-6-4-5-7-26(22)30-27/h4-11,13-16,18,29H,1-3H3. The van der Waals surface area contributed by atoms with Crippen LogP contribution in [0, 0.1) is 18.8 Å². The largest absolute Gasteiger partial charge is 0.497 e. The molecule has 1 aliphatic heterocycles. The Hall–Kier alpha value is -4.07. The van der Waals surface area contributed by atoms with E-state index in [0.29, 0.717) is 5.76 Å². The second kappa shape index (κ2) is 8.82. The lowest BCUT2D eigenvalue weighted by molar-refractivity contribution is -0.0770. The van der Waals surface area contributed by atoms with E-state index in [2.05, 4.69) is 37.0 Å². The van der Waals surface area contributed by atoms with Crippen LogP contribution in [0.25, 0.3) is 22.2 Å². The minimum absolute atomic E-state index is 0.569. The maximum absolute atomic E-state index is 6.37. The number of benzene rings is 3. The lowest BCUT2D eigenvalue weighted by atomic mass is 9.96. The van der Waals surface area contributed by atoms with Gasteiger partial charge in [0.1, 0.15) is 11.5 Å². The minimum atomic E-state index is -0.569. The first-order chi connectivity index (χ1) is 16.2. The quantitative estimate of drug-likeness (QED) is 0.364. The fraction of sp³-hybridized carbons (Fsp3) is 0.138. The number of pyridine rings is 1. The van der Waals surface area contributed by atoms with Crippen molar-refractivity contribution in [3.05, 3.63) is 107 Å². The number of aryl methyl sites for hydroxylation is 1. The third-order valence-electron chi connectivity index (χ3n) is 5.65. The molecule has 1 aliphatic rings. The molecule has 0 radical (unpaired) electrons. The van der Waals surface area contributed by atoms with Crippen LogP contribution in [-0.2, 0) is 9.47 Å². The fourth-order valence-electron chi connectivity index (χ4n) is 3.87. The molecule has 3 aromatic carbocycles. The van der Waals surface area contributed by atoms with Gasteiger partial charge in [-0.2, -0.15) is 0 Å². The first-order valence-corrected chi connectivity index (χ1v) is 10.7. The maximum atomic E-state index is 6.37. The Labute approximate surface area is 193 Å². The van der Waals surface area contributed by atoms with Crippen molar-refractivity contribution >= 4 is 22.2 Å². The van der Waals surface area contributed by atoms with Crippen LogP contribution < -0.4 is 4.74 Å². The second-order valence-corrected chi connectivity index (χ2v) is 7.85. The summed E-state index contributed by atoms with van der Waals surface area (Å²) in [6.07, 6.45) is -0.569. The molecule has 0 aliphatic carbocycles. The van der Waals surface area contributed by atoms with Gasteiger partial charge >= 0.3 is 0 Å². The van der Waals surface area contributed by atoms with Gasteiger partial charge in [0.2, 0.25) is 6.29 Å². The van der Waals surface area contributed by atoms with Crippen LogP contribution >= 0.6 is 0 Å². The molecule has 4 nitrogen and oxygen atoms in total. The normalized spacial score (nSPS) is 14.8. The van der Waals surface area contributed by atoms with Crippen LogP contribution in [0.2, 0.25) is 0 Å². The highest BCUT2D eigenvalue weighted by Gasteiger charge is 2.30. The average Bonchev–Trinajstić information content (AvgIpc) is 2.86. The van der Waals surface area contributed by atoms with Crippen molar-refractivity contribution < 1.29 is 14.2 Å². The lowest BCUT2D eigenvalue weighted by Crippen LogP contribution is -2.16. The van der Waals surface area contributed by atoms with E-state index in [-0.39, 0.29) is 0 Å². The van der Waals surface area contributed by atoms with Gasteiger partial charge in [-0.15, -0.1) is 0 Å². The smallest absolute Gasteiger partial charge is 0.228 e. The number of hydrogen-bond acceptors (Lipinski definition) is 4. The number of methoxy groups -OCH3 is 2. The summed E-state index contributed by atoms with van der Waals surface area (Å²) in [7, 11) is 3.29. The van der Waals surface area contributed by atoms with Crippen molar-refractivity contribution in [3.63, 3.8) is 0 Å². The number of para-hydroxylation sites is 1. The zero-order chi connectivity index (χ0) is 22.8. The van der Waals surface area contributed by atoms with E-state index < -0.39 is 6.29 Å². The first kappa shape index (κ1) is 20.8. The third kappa shape index (κ3) is 4.07. The zero-order valence-electron chi connectivity index (χ0n) is 18.8. The summed E-state index contributed by atoms with van der Waals surface area (Å²) in [6.45, 7) is 2.06. The molecule has 4 aromatic rings. The van der Waals surface area contributed by atoms with Crippen molar-refractivity contribution in [3.8, 4) is 17.6 Å². The highest BCUT2D eigenvalue weighted by molar-refractivity contribution is 5.98. The molecule has 5 rings (SSSR count). The molecule has 0 saturated heterocycles. The predicted molar refractivity (Wildman–Crippen MR) is 130 cm³/mol. The topological polar surface area (TPSA) is 40.6 Å². The van der Waals surface area contributed by atoms with E-state index in [1.807, 2.05) is 60.7 Å². The van der Waals surface area contributed by atoms with Gasteiger partial charge in [-0.3, -0.25) is 0 Å². The molecule has 0 spiro atoms. The van der Waals surface area contributed by atoms with Gasteiger partial charge in [-0.05, 0) is 43.3 Å². The molecule has 1 aromatic heterocycles.